The minimum Gasteiger partial charge on any atom is -0.389 e. The van der Waals surface area contributed by atoms with Crippen LogP contribution in [0.15, 0.2) is 6.20 Å². The molecule has 25 heavy (non-hydrogen) atoms. The highest BCUT2D eigenvalue weighted by Crippen LogP contribution is 2.23. The van der Waals surface area contributed by atoms with Gasteiger partial charge in [-0.2, -0.15) is 0 Å². The van der Waals surface area contributed by atoms with Crippen molar-refractivity contribution >= 4 is 0 Å². The summed E-state index contributed by atoms with van der Waals surface area (Å²) in [5.41, 5.74) is 0.973. The lowest BCUT2D eigenvalue weighted by Crippen LogP contribution is -2.49. The number of aromatic nitrogens is 3. The zero-order chi connectivity index (χ0) is 17.1. The normalized spacial score (nSPS) is 31.8. The lowest BCUT2D eigenvalue weighted by molar-refractivity contribution is 0.0336. The van der Waals surface area contributed by atoms with Crippen molar-refractivity contribution in [3.05, 3.63) is 11.9 Å². The van der Waals surface area contributed by atoms with Crippen LogP contribution in [-0.2, 0) is 22.6 Å². The van der Waals surface area contributed by atoms with Gasteiger partial charge >= 0.3 is 0 Å². The molecule has 0 unspecified atom stereocenters. The fourth-order valence-electron chi connectivity index (χ4n) is 4.10. The van der Waals surface area contributed by atoms with Gasteiger partial charge in [-0.15, -0.1) is 5.10 Å². The second-order valence-electron chi connectivity index (χ2n) is 7.43. The number of ether oxygens (including phenoxy) is 2. The highest BCUT2D eigenvalue weighted by atomic mass is 16.5. The maximum absolute atomic E-state index is 10.3. The second-order valence-corrected chi connectivity index (χ2v) is 7.43. The molecule has 2 aliphatic heterocycles. The molecule has 1 saturated carbocycles. The largest absolute Gasteiger partial charge is 0.389 e. The summed E-state index contributed by atoms with van der Waals surface area (Å²) in [5, 5.41) is 22.4. The number of hydrogen-bond donors (Lipinski definition) is 2. The Kier molecular flexibility index (Phi) is 5.62. The summed E-state index contributed by atoms with van der Waals surface area (Å²) in [5.74, 6) is 0. The van der Waals surface area contributed by atoms with Gasteiger partial charge in [-0.25, -0.2) is 4.68 Å². The molecule has 0 spiro atoms. The first-order valence-electron chi connectivity index (χ1n) is 9.53. The highest BCUT2D eigenvalue weighted by molar-refractivity contribution is 4.96. The molecule has 4 rings (SSSR count). The maximum Gasteiger partial charge on any atom is 0.0967 e. The molecule has 1 aliphatic carbocycles. The van der Waals surface area contributed by atoms with Crippen molar-refractivity contribution in [2.24, 2.45) is 0 Å². The zero-order valence-corrected chi connectivity index (χ0v) is 14.7. The molecule has 3 heterocycles. The quantitative estimate of drug-likeness (QED) is 0.732. The van der Waals surface area contributed by atoms with Crippen LogP contribution < -0.4 is 5.32 Å². The number of morpholine rings is 1. The van der Waals surface area contributed by atoms with Crippen molar-refractivity contribution in [1.82, 2.24) is 25.2 Å². The van der Waals surface area contributed by atoms with Gasteiger partial charge in [-0.05, 0) is 12.8 Å². The van der Waals surface area contributed by atoms with Gasteiger partial charge in [0, 0.05) is 31.9 Å². The first-order valence-corrected chi connectivity index (χ1v) is 9.53. The van der Waals surface area contributed by atoms with Crippen LogP contribution in [0.1, 0.15) is 31.4 Å². The molecule has 3 fully saturated rings. The number of nitrogens with one attached hydrogen (secondary N) is 1. The Morgan fingerprint density at radius 1 is 1.24 bits per heavy atom. The molecular weight excluding hydrogens is 322 g/mol. The highest BCUT2D eigenvalue weighted by Gasteiger charge is 2.38. The van der Waals surface area contributed by atoms with Gasteiger partial charge in [-0.1, -0.05) is 18.1 Å². The van der Waals surface area contributed by atoms with Gasteiger partial charge in [0.2, 0.25) is 0 Å². The van der Waals surface area contributed by atoms with Crippen LogP contribution in [0.4, 0.5) is 0 Å². The van der Waals surface area contributed by atoms with Crippen LogP contribution in [0.5, 0.6) is 0 Å². The van der Waals surface area contributed by atoms with E-state index < -0.39 is 6.10 Å². The van der Waals surface area contributed by atoms with E-state index in [-0.39, 0.29) is 12.1 Å². The summed E-state index contributed by atoms with van der Waals surface area (Å²) in [6.07, 6.45) is 6.44. The van der Waals surface area contributed by atoms with Crippen LogP contribution in [0.25, 0.3) is 0 Å². The molecular formula is C17H29N5O3. The molecule has 3 atom stereocenters. The van der Waals surface area contributed by atoms with E-state index in [0.29, 0.717) is 19.2 Å². The molecule has 0 radical (unpaired) electrons. The third-order valence-electron chi connectivity index (χ3n) is 5.52. The minimum absolute atomic E-state index is 0.0185. The van der Waals surface area contributed by atoms with Crippen molar-refractivity contribution in [3.8, 4) is 0 Å². The standard InChI is InChI=1S/C17H29N5O3/c23-15-12-25-16(17(15)18-13-3-1-2-4-13)11-22-10-14(19-20-22)9-21-5-7-24-8-6-21/h10,13,15-18,23H,1-9,11-12H2/t15-,16+,17+/m0/s1. The topological polar surface area (TPSA) is 84.7 Å². The van der Waals surface area contributed by atoms with E-state index in [0.717, 1.165) is 38.5 Å². The monoisotopic (exact) mass is 351 g/mol. The lowest BCUT2D eigenvalue weighted by Gasteiger charge is -2.25. The first-order chi connectivity index (χ1) is 12.3. The fraction of sp³-hybridized carbons (Fsp3) is 0.882. The number of aliphatic hydroxyl groups is 1. The van der Waals surface area contributed by atoms with Crippen LogP contribution in [0.2, 0.25) is 0 Å². The Morgan fingerprint density at radius 2 is 2.04 bits per heavy atom. The molecule has 8 heteroatoms. The number of rotatable bonds is 6. The molecule has 140 valence electrons. The van der Waals surface area contributed by atoms with Gasteiger partial charge in [0.25, 0.3) is 0 Å². The number of aliphatic hydroxyl groups excluding tert-OH is 1. The zero-order valence-electron chi connectivity index (χ0n) is 14.7. The molecule has 3 aliphatic rings. The van der Waals surface area contributed by atoms with Crippen molar-refractivity contribution < 1.29 is 14.6 Å². The predicted octanol–water partition coefficient (Wildman–Crippen LogP) is -0.229. The average Bonchev–Trinajstić information content (AvgIpc) is 3.35. The predicted molar refractivity (Wildman–Crippen MR) is 91.0 cm³/mol. The molecule has 0 aromatic carbocycles. The second kappa shape index (κ2) is 8.09. The summed E-state index contributed by atoms with van der Waals surface area (Å²) in [4.78, 5) is 2.33. The Hall–Kier alpha value is -1.06. The fourth-order valence-corrected chi connectivity index (χ4v) is 4.10. The summed E-state index contributed by atoms with van der Waals surface area (Å²) in [7, 11) is 0. The molecule has 2 saturated heterocycles. The number of nitrogens with zero attached hydrogens (tertiary/aromatic N) is 4. The van der Waals surface area contributed by atoms with Crippen molar-refractivity contribution in [2.45, 2.75) is 63.1 Å². The molecule has 1 aromatic heterocycles. The van der Waals surface area contributed by atoms with Gasteiger partial charge in [-0.3, -0.25) is 4.90 Å². The van der Waals surface area contributed by atoms with Gasteiger partial charge in [0.05, 0.1) is 50.3 Å². The van der Waals surface area contributed by atoms with Crippen molar-refractivity contribution in [1.29, 1.82) is 0 Å². The van der Waals surface area contributed by atoms with Gasteiger partial charge in [0.1, 0.15) is 0 Å². The molecule has 1 aromatic rings. The summed E-state index contributed by atoms with van der Waals surface area (Å²) in [6, 6.07) is 0.492. The molecule has 0 bridgehead atoms. The van der Waals surface area contributed by atoms with Crippen molar-refractivity contribution in [2.75, 3.05) is 32.9 Å². The molecule has 0 amide bonds. The average molecular weight is 351 g/mol. The van der Waals surface area contributed by atoms with E-state index in [1.807, 2.05) is 10.9 Å². The summed E-state index contributed by atoms with van der Waals surface area (Å²) in [6.45, 7) is 5.28. The van der Waals surface area contributed by atoms with E-state index in [2.05, 4.69) is 20.5 Å². The minimum atomic E-state index is -0.443. The smallest absolute Gasteiger partial charge is 0.0967 e. The van der Waals surface area contributed by atoms with Crippen LogP contribution in [0, 0.1) is 0 Å². The lowest BCUT2D eigenvalue weighted by atomic mass is 10.1. The first kappa shape index (κ1) is 17.4. The van der Waals surface area contributed by atoms with Crippen LogP contribution in [-0.4, -0.2) is 82.2 Å². The Balaban J connectivity index is 1.32. The summed E-state index contributed by atoms with van der Waals surface area (Å²) < 4.78 is 13.0. The Labute approximate surface area is 148 Å². The third-order valence-corrected chi connectivity index (χ3v) is 5.52. The Bertz CT molecular complexity index is 542. The Morgan fingerprint density at radius 3 is 2.84 bits per heavy atom. The third kappa shape index (κ3) is 4.38. The van der Waals surface area contributed by atoms with E-state index in [4.69, 9.17) is 9.47 Å². The van der Waals surface area contributed by atoms with Gasteiger partial charge in [0.15, 0.2) is 0 Å². The van der Waals surface area contributed by atoms with Crippen molar-refractivity contribution in [3.63, 3.8) is 0 Å². The van der Waals surface area contributed by atoms with Gasteiger partial charge < -0.3 is 19.9 Å². The van der Waals surface area contributed by atoms with E-state index in [9.17, 15) is 5.11 Å². The van der Waals surface area contributed by atoms with E-state index >= 15 is 0 Å². The SMILES string of the molecule is O[C@H]1CO[C@H](Cn2cc(CN3CCOCC3)nn2)[C@@H]1NC1CCCC1. The maximum atomic E-state index is 10.3. The number of hydrogen-bond acceptors (Lipinski definition) is 7. The molecule has 8 nitrogen and oxygen atoms in total. The van der Waals surface area contributed by atoms with E-state index in [1.165, 1.54) is 25.7 Å². The summed E-state index contributed by atoms with van der Waals surface area (Å²) >= 11 is 0. The molecule has 2 N–H and O–H groups in total. The van der Waals surface area contributed by atoms with Crippen LogP contribution in [0.3, 0.4) is 0 Å². The van der Waals surface area contributed by atoms with Crippen LogP contribution >= 0.6 is 0 Å². The van der Waals surface area contributed by atoms with E-state index in [1.54, 1.807) is 0 Å².